The van der Waals surface area contributed by atoms with Crippen molar-refractivity contribution < 1.29 is 33.3 Å². The van der Waals surface area contributed by atoms with Crippen LogP contribution in [0.2, 0.25) is 0 Å². The van der Waals surface area contributed by atoms with E-state index in [9.17, 15) is 14.4 Å². The maximum Gasteiger partial charge on any atom is 0.338 e. The van der Waals surface area contributed by atoms with Crippen molar-refractivity contribution in [2.45, 2.75) is 19.9 Å². The Balaban J connectivity index is 2.73. The van der Waals surface area contributed by atoms with Gasteiger partial charge in [0.2, 0.25) is 11.7 Å². The summed E-state index contributed by atoms with van der Waals surface area (Å²) in [6, 6.07) is 2.10. The second-order valence-electron chi connectivity index (χ2n) is 5.17. The van der Waals surface area contributed by atoms with E-state index in [1.807, 2.05) is 0 Å². The molecule has 0 saturated heterocycles. The van der Waals surface area contributed by atoms with Gasteiger partial charge in [-0.05, 0) is 26.0 Å². The van der Waals surface area contributed by atoms with E-state index in [2.05, 4.69) is 10.6 Å². The van der Waals surface area contributed by atoms with Crippen LogP contribution in [0.5, 0.6) is 17.2 Å². The number of carbonyl (C=O) groups is 3. The number of likely N-dealkylation sites (N-methyl/N-ethyl adjacent to an activating group) is 1. The smallest absolute Gasteiger partial charge is 0.338 e. The summed E-state index contributed by atoms with van der Waals surface area (Å²) in [4.78, 5) is 35.5. The molecule has 0 fully saturated rings. The highest BCUT2D eigenvalue weighted by molar-refractivity contribution is 5.93. The third kappa shape index (κ3) is 5.54. The van der Waals surface area contributed by atoms with E-state index in [4.69, 9.17) is 18.9 Å². The summed E-state index contributed by atoms with van der Waals surface area (Å²) in [5.41, 5.74) is 0.129. The first-order chi connectivity index (χ1) is 12.4. The minimum absolute atomic E-state index is 0.129. The van der Waals surface area contributed by atoms with Crippen molar-refractivity contribution >= 4 is 17.8 Å². The number of methoxy groups -OCH3 is 3. The number of esters is 1. The maximum absolute atomic E-state index is 12.2. The van der Waals surface area contributed by atoms with Gasteiger partial charge in [0, 0.05) is 6.54 Å². The Morgan fingerprint density at radius 2 is 1.62 bits per heavy atom. The molecular formula is C17H24N2O7. The van der Waals surface area contributed by atoms with Gasteiger partial charge in [0.05, 0.1) is 26.9 Å². The summed E-state index contributed by atoms with van der Waals surface area (Å²) in [6.45, 7) is 3.23. The van der Waals surface area contributed by atoms with Gasteiger partial charge in [-0.1, -0.05) is 0 Å². The van der Waals surface area contributed by atoms with Gasteiger partial charge in [0.25, 0.3) is 5.91 Å². The first-order valence-electron chi connectivity index (χ1n) is 7.92. The van der Waals surface area contributed by atoms with E-state index in [1.54, 1.807) is 6.92 Å². The zero-order valence-corrected chi connectivity index (χ0v) is 15.5. The molecule has 1 aromatic carbocycles. The van der Waals surface area contributed by atoms with Crippen molar-refractivity contribution in [1.29, 1.82) is 0 Å². The van der Waals surface area contributed by atoms with Gasteiger partial charge in [-0.3, -0.25) is 9.59 Å². The molecule has 9 heteroatoms. The lowest BCUT2D eigenvalue weighted by atomic mass is 10.2. The van der Waals surface area contributed by atoms with Crippen LogP contribution in [0, 0.1) is 0 Å². The summed E-state index contributed by atoms with van der Waals surface area (Å²) in [7, 11) is 4.28. The molecule has 0 unspecified atom stereocenters. The average molecular weight is 368 g/mol. The van der Waals surface area contributed by atoms with Crippen LogP contribution in [-0.4, -0.2) is 58.3 Å². The zero-order valence-electron chi connectivity index (χ0n) is 15.5. The fraction of sp³-hybridized carbons (Fsp3) is 0.471. The lowest BCUT2D eigenvalue weighted by Crippen LogP contribution is -2.46. The zero-order chi connectivity index (χ0) is 19.7. The number of ether oxygens (including phenoxy) is 4. The summed E-state index contributed by atoms with van der Waals surface area (Å²) in [5.74, 6) is -0.757. The van der Waals surface area contributed by atoms with Gasteiger partial charge in [-0.15, -0.1) is 0 Å². The highest BCUT2D eigenvalue weighted by atomic mass is 16.5. The number of amides is 2. The topological polar surface area (TPSA) is 112 Å². The van der Waals surface area contributed by atoms with Crippen LogP contribution in [0.25, 0.3) is 0 Å². The third-order valence-corrected chi connectivity index (χ3v) is 3.36. The molecule has 0 heterocycles. The molecule has 0 aliphatic heterocycles. The van der Waals surface area contributed by atoms with E-state index in [1.165, 1.54) is 40.4 Å². The van der Waals surface area contributed by atoms with Crippen molar-refractivity contribution in [3.05, 3.63) is 17.7 Å². The molecule has 0 aliphatic rings. The van der Waals surface area contributed by atoms with Gasteiger partial charge >= 0.3 is 5.97 Å². The summed E-state index contributed by atoms with van der Waals surface area (Å²) in [6.07, 6.45) is 0. The van der Waals surface area contributed by atoms with E-state index in [0.29, 0.717) is 12.3 Å². The van der Waals surface area contributed by atoms with Gasteiger partial charge in [-0.25, -0.2) is 4.79 Å². The molecule has 1 rings (SSSR count). The molecular weight excluding hydrogens is 344 g/mol. The van der Waals surface area contributed by atoms with Crippen molar-refractivity contribution in [3.8, 4) is 17.2 Å². The quantitative estimate of drug-likeness (QED) is 0.611. The maximum atomic E-state index is 12.2. The van der Waals surface area contributed by atoms with Crippen molar-refractivity contribution in [2.75, 3.05) is 34.5 Å². The van der Waals surface area contributed by atoms with Crippen LogP contribution < -0.4 is 24.8 Å². The molecule has 1 aromatic rings. The number of hydrogen-bond acceptors (Lipinski definition) is 7. The predicted molar refractivity (Wildman–Crippen MR) is 92.7 cm³/mol. The summed E-state index contributed by atoms with van der Waals surface area (Å²) in [5, 5.41) is 5.01. The van der Waals surface area contributed by atoms with Crippen LogP contribution in [0.15, 0.2) is 12.1 Å². The molecule has 26 heavy (non-hydrogen) atoms. The highest BCUT2D eigenvalue weighted by Crippen LogP contribution is 2.38. The summed E-state index contributed by atoms with van der Waals surface area (Å²) >= 11 is 0. The van der Waals surface area contributed by atoms with E-state index < -0.39 is 24.5 Å². The average Bonchev–Trinajstić information content (AvgIpc) is 2.64. The fourth-order valence-electron chi connectivity index (χ4n) is 2.09. The van der Waals surface area contributed by atoms with Crippen LogP contribution in [-0.2, 0) is 14.3 Å². The molecule has 9 nitrogen and oxygen atoms in total. The Morgan fingerprint density at radius 3 is 2.08 bits per heavy atom. The molecule has 0 radical (unpaired) electrons. The molecule has 0 saturated carbocycles. The van der Waals surface area contributed by atoms with E-state index >= 15 is 0 Å². The molecule has 2 amide bonds. The molecule has 2 N–H and O–H groups in total. The number of benzene rings is 1. The van der Waals surface area contributed by atoms with E-state index in [0.717, 1.165) is 0 Å². The van der Waals surface area contributed by atoms with Crippen LogP contribution in [0.1, 0.15) is 24.2 Å². The summed E-state index contributed by atoms with van der Waals surface area (Å²) < 4.78 is 20.5. The number of nitrogens with one attached hydrogen (secondary N) is 2. The first-order valence-corrected chi connectivity index (χ1v) is 7.92. The fourth-order valence-corrected chi connectivity index (χ4v) is 2.09. The lowest BCUT2D eigenvalue weighted by Gasteiger charge is -2.15. The predicted octanol–water partition coefficient (Wildman–Crippen LogP) is 0.510. The Hall–Kier alpha value is -2.97. The molecule has 0 bridgehead atoms. The normalized spacial score (nSPS) is 11.1. The molecule has 0 aromatic heterocycles. The van der Waals surface area contributed by atoms with Gasteiger partial charge < -0.3 is 29.6 Å². The van der Waals surface area contributed by atoms with E-state index in [-0.39, 0.29) is 23.0 Å². The minimum atomic E-state index is -0.745. The van der Waals surface area contributed by atoms with Crippen molar-refractivity contribution in [3.63, 3.8) is 0 Å². The Labute approximate surface area is 151 Å². The number of carbonyl (C=O) groups excluding carboxylic acids is 3. The third-order valence-electron chi connectivity index (χ3n) is 3.36. The van der Waals surface area contributed by atoms with Crippen LogP contribution >= 0.6 is 0 Å². The van der Waals surface area contributed by atoms with Gasteiger partial charge in [0.15, 0.2) is 18.1 Å². The Bertz CT molecular complexity index is 636. The van der Waals surface area contributed by atoms with Gasteiger partial charge in [-0.2, -0.15) is 0 Å². The highest BCUT2D eigenvalue weighted by Gasteiger charge is 2.20. The number of rotatable bonds is 9. The first kappa shape index (κ1) is 21.1. The largest absolute Gasteiger partial charge is 0.493 e. The SMILES string of the molecule is CCNC(=O)[C@@H](C)NC(=O)COC(=O)c1cc(OC)c(OC)c(OC)c1. The van der Waals surface area contributed by atoms with Crippen LogP contribution in [0.3, 0.4) is 0 Å². The molecule has 0 spiro atoms. The second kappa shape index (κ2) is 10.1. The van der Waals surface area contributed by atoms with Crippen LogP contribution in [0.4, 0.5) is 0 Å². The standard InChI is InChI=1S/C17H24N2O7/c1-6-18-16(21)10(2)19-14(20)9-26-17(22)11-7-12(23-3)15(25-5)13(8-11)24-4/h7-8,10H,6,9H2,1-5H3,(H,18,21)(H,19,20)/t10-/m1/s1. The molecule has 1 atom stereocenters. The van der Waals surface area contributed by atoms with Gasteiger partial charge in [0.1, 0.15) is 6.04 Å². The monoisotopic (exact) mass is 368 g/mol. The number of hydrogen-bond donors (Lipinski definition) is 2. The second-order valence-corrected chi connectivity index (χ2v) is 5.17. The minimum Gasteiger partial charge on any atom is -0.493 e. The van der Waals surface area contributed by atoms with Crippen molar-refractivity contribution in [2.24, 2.45) is 0 Å². The Morgan fingerprint density at radius 1 is 1.04 bits per heavy atom. The Kier molecular flexibility index (Phi) is 8.20. The molecule has 0 aliphatic carbocycles. The van der Waals surface area contributed by atoms with Crippen molar-refractivity contribution in [1.82, 2.24) is 10.6 Å². The molecule has 144 valence electrons. The lowest BCUT2D eigenvalue weighted by molar-refractivity contribution is -0.130.